The number of hydrogen-bond donors (Lipinski definition) is 0. The largest absolute Gasteiger partial charge is 0.258 e. The van der Waals surface area contributed by atoms with E-state index in [1.165, 1.54) is 0 Å². The molecule has 0 bridgehead atoms. The normalized spacial score (nSPS) is 24.5. The van der Waals surface area contributed by atoms with Crippen LogP contribution in [0.4, 0.5) is 0 Å². The van der Waals surface area contributed by atoms with Crippen LogP contribution in [0.25, 0.3) is 0 Å². The van der Waals surface area contributed by atoms with Gasteiger partial charge in [-0.1, -0.05) is 27.7 Å². The summed E-state index contributed by atoms with van der Waals surface area (Å²) < 4.78 is 0. The summed E-state index contributed by atoms with van der Waals surface area (Å²) >= 11 is 0. The molecule has 0 aromatic rings. The average Bonchev–Trinajstić information content (AvgIpc) is 2.92. The first-order valence-corrected chi connectivity index (χ1v) is 10.4. The molecule has 0 amide bonds. The van der Waals surface area contributed by atoms with E-state index in [0.29, 0.717) is 11.8 Å². The highest BCUT2D eigenvalue weighted by molar-refractivity contribution is 5.07. The molecule has 0 atom stereocenters. The van der Waals surface area contributed by atoms with Crippen molar-refractivity contribution in [3.8, 4) is 0 Å². The minimum atomic E-state index is -0.0783. The summed E-state index contributed by atoms with van der Waals surface area (Å²) in [7, 11) is 0. The maximum atomic E-state index is 2.78. The summed E-state index contributed by atoms with van der Waals surface area (Å²) in [6, 6.07) is 0. The van der Waals surface area contributed by atoms with E-state index in [0.717, 1.165) is 39.3 Å². The van der Waals surface area contributed by atoms with Crippen LogP contribution in [0.3, 0.4) is 0 Å². The molecule has 2 aliphatic heterocycles. The van der Waals surface area contributed by atoms with Crippen LogP contribution >= 0.6 is 0 Å². The predicted molar refractivity (Wildman–Crippen MR) is 108 cm³/mol. The molecule has 2 saturated heterocycles. The van der Waals surface area contributed by atoms with Gasteiger partial charge in [0.15, 0.2) is 5.91 Å². The van der Waals surface area contributed by atoms with Crippen molar-refractivity contribution >= 4 is 0 Å². The SMILES string of the molecule is CC(C)CN1CCN(C(C)(C)C)C12N(CC(C)C)CCN2C(C)(C)C. The zero-order valence-electron chi connectivity index (χ0n) is 18.7. The summed E-state index contributed by atoms with van der Waals surface area (Å²) in [5.74, 6) is 1.28. The molecule has 0 N–H and O–H groups in total. The number of nitrogens with zero attached hydrogens (tertiary/aromatic N) is 4. The first kappa shape index (κ1) is 21.1. The lowest BCUT2D eigenvalue weighted by Crippen LogP contribution is -2.75. The third-order valence-corrected chi connectivity index (χ3v) is 5.55. The molecular formula is C21H44N4. The summed E-state index contributed by atoms with van der Waals surface area (Å²) in [5.41, 5.74) is 0.295. The maximum Gasteiger partial charge on any atom is 0.192 e. The fourth-order valence-electron chi connectivity index (χ4n) is 4.95. The summed E-state index contributed by atoms with van der Waals surface area (Å²) in [5, 5.41) is 0. The van der Waals surface area contributed by atoms with Gasteiger partial charge < -0.3 is 0 Å². The minimum Gasteiger partial charge on any atom is -0.258 e. The second-order valence-electron chi connectivity index (χ2n) is 10.9. The standard InChI is InChI=1S/C21H44N4/c1-17(2)15-22-11-13-24(19(5,6)7)21(22)23(16-18(3)4)12-14-25(21)20(8,9)10/h17-18H,11-16H2,1-10H3. The van der Waals surface area contributed by atoms with Crippen LogP contribution in [-0.2, 0) is 0 Å². The van der Waals surface area contributed by atoms with E-state index in [2.05, 4.69) is 88.8 Å². The number of hydrogen-bond acceptors (Lipinski definition) is 4. The van der Waals surface area contributed by atoms with E-state index in [4.69, 9.17) is 0 Å². The Hall–Kier alpha value is -0.160. The van der Waals surface area contributed by atoms with E-state index >= 15 is 0 Å². The van der Waals surface area contributed by atoms with Gasteiger partial charge in [0, 0.05) is 50.3 Å². The van der Waals surface area contributed by atoms with Crippen LogP contribution in [0, 0.1) is 11.8 Å². The van der Waals surface area contributed by atoms with Crippen LogP contribution < -0.4 is 0 Å². The van der Waals surface area contributed by atoms with Crippen molar-refractivity contribution in [2.75, 3.05) is 39.3 Å². The predicted octanol–water partition coefficient (Wildman–Crippen LogP) is 3.74. The fraction of sp³-hybridized carbons (Fsp3) is 1.00. The van der Waals surface area contributed by atoms with Crippen LogP contribution in [0.15, 0.2) is 0 Å². The van der Waals surface area contributed by atoms with Crippen LogP contribution in [0.1, 0.15) is 69.2 Å². The first-order chi connectivity index (χ1) is 11.3. The van der Waals surface area contributed by atoms with Gasteiger partial charge in [0.05, 0.1) is 0 Å². The van der Waals surface area contributed by atoms with Gasteiger partial charge in [-0.05, 0) is 53.4 Å². The molecule has 4 heteroatoms. The van der Waals surface area contributed by atoms with Gasteiger partial charge in [-0.15, -0.1) is 0 Å². The monoisotopic (exact) mass is 352 g/mol. The molecule has 0 aliphatic carbocycles. The molecule has 2 aliphatic rings. The zero-order valence-corrected chi connectivity index (χ0v) is 18.7. The molecule has 0 aromatic heterocycles. The molecular weight excluding hydrogens is 308 g/mol. The van der Waals surface area contributed by atoms with Crippen LogP contribution in [-0.4, -0.2) is 75.9 Å². The lowest BCUT2D eigenvalue weighted by Gasteiger charge is -2.58. The molecule has 0 radical (unpaired) electrons. The highest BCUT2D eigenvalue weighted by Gasteiger charge is 2.62. The topological polar surface area (TPSA) is 13.0 Å². The van der Waals surface area contributed by atoms with Crippen molar-refractivity contribution in [3.63, 3.8) is 0 Å². The van der Waals surface area contributed by atoms with Crippen LogP contribution in [0.5, 0.6) is 0 Å². The zero-order chi connectivity index (χ0) is 19.2. The molecule has 2 rings (SSSR count). The third kappa shape index (κ3) is 3.92. The second kappa shape index (κ2) is 7.10. The van der Waals surface area contributed by atoms with Crippen molar-refractivity contribution in [1.29, 1.82) is 0 Å². The Kier molecular flexibility index (Phi) is 6.01. The van der Waals surface area contributed by atoms with Crippen molar-refractivity contribution in [3.05, 3.63) is 0 Å². The van der Waals surface area contributed by atoms with Gasteiger partial charge in [-0.2, -0.15) is 0 Å². The molecule has 25 heavy (non-hydrogen) atoms. The second-order valence-corrected chi connectivity index (χ2v) is 10.9. The average molecular weight is 353 g/mol. The summed E-state index contributed by atoms with van der Waals surface area (Å²) in [6.07, 6.45) is 0. The summed E-state index contributed by atoms with van der Waals surface area (Å²) in [6.45, 7) is 30.7. The molecule has 0 aromatic carbocycles. The first-order valence-electron chi connectivity index (χ1n) is 10.4. The Bertz CT molecular complexity index is 402. The van der Waals surface area contributed by atoms with Crippen molar-refractivity contribution in [1.82, 2.24) is 19.6 Å². The highest BCUT2D eigenvalue weighted by atomic mass is 15.8. The van der Waals surface area contributed by atoms with Gasteiger partial charge in [0.1, 0.15) is 0 Å². The van der Waals surface area contributed by atoms with E-state index in [1.807, 2.05) is 0 Å². The van der Waals surface area contributed by atoms with Crippen LogP contribution in [0.2, 0.25) is 0 Å². The Morgan fingerprint density at radius 3 is 1.20 bits per heavy atom. The Balaban J connectivity index is 2.58. The van der Waals surface area contributed by atoms with E-state index in [-0.39, 0.29) is 17.0 Å². The Morgan fingerprint density at radius 1 is 0.640 bits per heavy atom. The van der Waals surface area contributed by atoms with Gasteiger partial charge in [0.25, 0.3) is 0 Å². The van der Waals surface area contributed by atoms with Crippen molar-refractivity contribution in [2.24, 2.45) is 11.8 Å². The quantitative estimate of drug-likeness (QED) is 0.764. The smallest absolute Gasteiger partial charge is 0.192 e. The fourth-order valence-corrected chi connectivity index (χ4v) is 4.95. The van der Waals surface area contributed by atoms with Crippen molar-refractivity contribution < 1.29 is 0 Å². The molecule has 0 saturated carbocycles. The molecule has 2 fully saturated rings. The molecule has 148 valence electrons. The Labute approximate surface area is 157 Å². The summed E-state index contributed by atoms with van der Waals surface area (Å²) in [4.78, 5) is 11.1. The highest BCUT2D eigenvalue weighted by Crippen LogP contribution is 2.45. The molecule has 1 spiro atoms. The minimum absolute atomic E-state index is 0.0783. The van der Waals surface area contributed by atoms with Gasteiger partial charge >= 0.3 is 0 Å². The number of rotatable bonds is 4. The maximum absolute atomic E-state index is 2.78. The molecule has 4 nitrogen and oxygen atoms in total. The van der Waals surface area contributed by atoms with Crippen molar-refractivity contribution in [2.45, 2.75) is 86.2 Å². The van der Waals surface area contributed by atoms with Gasteiger partial charge in [0.2, 0.25) is 0 Å². The molecule has 0 unspecified atom stereocenters. The van der Waals surface area contributed by atoms with E-state index in [9.17, 15) is 0 Å². The van der Waals surface area contributed by atoms with E-state index in [1.54, 1.807) is 0 Å². The lowest BCUT2D eigenvalue weighted by atomic mass is 10.0. The van der Waals surface area contributed by atoms with Gasteiger partial charge in [-0.25, -0.2) is 0 Å². The van der Waals surface area contributed by atoms with E-state index < -0.39 is 0 Å². The lowest BCUT2D eigenvalue weighted by molar-refractivity contribution is -0.233. The Morgan fingerprint density at radius 2 is 0.960 bits per heavy atom. The third-order valence-electron chi connectivity index (χ3n) is 5.55. The van der Waals surface area contributed by atoms with Gasteiger partial charge in [-0.3, -0.25) is 19.6 Å². The molecule has 2 heterocycles.